The highest BCUT2D eigenvalue weighted by molar-refractivity contribution is 4.85. The molecule has 0 saturated carbocycles. The average molecular weight is 186 g/mol. The van der Waals surface area contributed by atoms with Gasteiger partial charge in [-0.3, -0.25) is 0 Å². The second-order valence-electron chi connectivity index (χ2n) is 3.43. The number of aliphatic hydroxyl groups is 1. The minimum atomic E-state index is 0.124. The summed E-state index contributed by atoms with van der Waals surface area (Å²) < 4.78 is 5.38. The highest BCUT2D eigenvalue weighted by Crippen LogP contribution is 2.16. The highest BCUT2D eigenvalue weighted by atomic mass is 16.5. The maximum atomic E-state index is 8.57. The minimum absolute atomic E-state index is 0.124. The molecule has 0 fully saturated rings. The van der Waals surface area contributed by atoms with E-state index in [1.807, 2.05) is 6.08 Å². The number of methoxy groups -OCH3 is 1. The third-order valence-corrected chi connectivity index (χ3v) is 2.32. The lowest BCUT2D eigenvalue weighted by Gasteiger charge is -2.20. The minimum Gasteiger partial charge on any atom is -0.392 e. The molecule has 0 bridgehead atoms. The molecular formula is C11H22O2. The Morgan fingerprint density at radius 3 is 2.54 bits per heavy atom. The molecule has 0 spiro atoms. The fourth-order valence-electron chi connectivity index (χ4n) is 1.51. The van der Waals surface area contributed by atoms with E-state index < -0.39 is 0 Å². The molecule has 2 atom stereocenters. The normalized spacial score (nSPS) is 16.3. The van der Waals surface area contributed by atoms with Crippen molar-refractivity contribution in [2.45, 2.75) is 39.2 Å². The van der Waals surface area contributed by atoms with Crippen molar-refractivity contribution in [2.24, 2.45) is 5.92 Å². The first-order chi connectivity index (χ1) is 6.26. The predicted molar refractivity (Wildman–Crippen MR) is 55.7 cm³/mol. The fourth-order valence-corrected chi connectivity index (χ4v) is 1.51. The molecule has 0 aromatic carbocycles. The number of hydrogen-bond acceptors (Lipinski definition) is 2. The lowest BCUT2D eigenvalue weighted by Crippen LogP contribution is -2.19. The van der Waals surface area contributed by atoms with Crippen molar-refractivity contribution in [3.63, 3.8) is 0 Å². The third kappa shape index (κ3) is 5.83. The second-order valence-corrected chi connectivity index (χ2v) is 3.43. The monoisotopic (exact) mass is 186 g/mol. The first-order valence-corrected chi connectivity index (χ1v) is 5.04. The summed E-state index contributed by atoms with van der Waals surface area (Å²) in [5, 5.41) is 8.57. The van der Waals surface area contributed by atoms with Gasteiger partial charge in [0.25, 0.3) is 0 Å². The van der Waals surface area contributed by atoms with Gasteiger partial charge >= 0.3 is 0 Å². The molecule has 0 heterocycles. The summed E-state index contributed by atoms with van der Waals surface area (Å²) in [5.74, 6) is 0.596. The average Bonchev–Trinajstić information content (AvgIpc) is 2.13. The molecule has 2 heteroatoms. The zero-order valence-electron chi connectivity index (χ0n) is 8.99. The summed E-state index contributed by atoms with van der Waals surface area (Å²) in [6, 6.07) is 0. The highest BCUT2D eigenvalue weighted by Gasteiger charge is 2.13. The largest absolute Gasteiger partial charge is 0.392 e. The number of ether oxygens (including phenoxy) is 1. The van der Waals surface area contributed by atoms with Crippen molar-refractivity contribution in [1.82, 2.24) is 0 Å². The van der Waals surface area contributed by atoms with E-state index in [9.17, 15) is 0 Å². The summed E-state index contributed by atoms with van der Waals surface area (Å²) in [6.45, 7) is 4.52. The molecule has 78 valence electrons. The van der Waals surface area contributed by atoms with Crippen molar-refractivity contribution < 1.29 is 9.84 Å². The van der Waals surface area contributed by atoms with Crippen LogP contribution in [0.15, 0.2) is 12.2 Å². The van der Waals surface area contributed by atoms with Crippen LogP contribution in [0.1, 0.15) is 33.1 Å². The summed E-state index contributed by atoms with van der Waals surface area (Å²) in [4.78, 5) is 0. The van der Waals surface area contributed by atoms with Crippen LogP contribution in [0.25, 0.3) is 0 Å². The number of rotatable bonds is 7. The van der Waals surface area contributed by atoms with Crippen LogP contribution in [-0.2, 0) is 4.74 Å². The third-order valence-electron chi connectivity index (χ3n) is 2.32. The fraction of sp³-hybridized carbons (Fsp3) is 0.818. The van der Waals surface area contributed by atoms with Crippen LogP contribution in [0.2, 0.25) is 0 Å². The van der Waals surface area contributed by atoms with E-state index in [0.29, 0.717) is 12.0 Å². The van der Waals surface area contributed by atoms with Crippen LogP contribution in [0.4, 0.5) is 0 Å². The zero-order valence-corrected chi connectivity index (χ0v) is 8.99. The maximum absolute atomic E-state index is 8.57. The zero-order chi connectivity index (χ0) is 10.1. The van der Waals surface area contributed by atoms with E-state index in [-0.39, 0.29) is 6.61 Å². The first kappa shape index (κ1) is 12.7. The van der Waals surface area contributed by atoms with Crippen molar-refractivity contribution in [3.05, 3.63) is 12.2 Å². The van der Waals surface area contributed by atoms with Crippen LogP contribution in [0, 0.1) is 5.92 Å². The molecule has 2 nitrogen and oxygen atoms in total. The number of aliphatic hydroxyl groups excluding tert-OH is 1. The molecule has 0 radical (unpaired) electrons. The van der Waals surface area contributed by atoms with Gasteiger partial charge in [-0.1, -0.05) is 32.4 Å². The molecule has 0 aliphatic rings. The van der Waals surface area contributed by atoms with Gasteiger partial charge in [-0.15, -0.1) is 0 Å². The smallest absolute Gasteiger partial charge is 0.0631 e. The molecule has 2 unspecified atom stereocenters. The Kier molecular flexibility index (Phi) is 8.05. The van der Waals surface area contributed by atoms with Gasteiger partial charge in [-0.2, -0.15) is 0 Å². The van der Waals surface area contributed by atoms with Crippen molar-refractivity contribution in [3.8, 4) is 0 Å². The number of hydrogen-bond donors (Lipinski definition) is 1. The van der Waals surface area contributed by atoms with Crippen LogP contribution < -0.4 is 0 Å². The Labute approximate surface area is 81.6 Å². The van der Waals surface area contributed by atoms with Gasteiger partial charge in [0.05, 0.1) is 12.7 Å². The van der Waals surface area contributed by atoms with E-state index in [2.05, 4.69) is 13.8 Å². The van der Waals surface area contributed by atoms with E-state index in [1.165, 1.54) is 12.8 Å². The van der Waals surface area contributed by atoms with E-state index in [4.69, 9.17) is 9.84 Å². The Morgan fingerprint density at radius 1 is 1.38 bits per heavy atom. The van der Waals surface area contributed by atoms with Gasteiger partial charge < -0.3 is 9.84 Å². The van der Waals surface area contributed by atoms with E-state index in [0.717, 1.165) is 6.42 Å². The van der Waals surface area contributed by atoms with Gasteiger partial charge in [0, 0.05) is 7.11 Å². The van der Waals surface area contributed by atoms with E-state index in [1.54, 1.807) is 13.2 Å². The SMILES string of the molecule is CCCC(C)C(CC=CCO)OC. The maximum Gasteiger partial charge on any atom is 0.0631 e. The molecule has 0 amide bonds. The molecule has 0 aromatic heterocycles. The van der Waals surface area contributed by atoms with Gasteiger partial charge in [-0.05, 0) is 18.8 Å². The van der Waals surface area contributed by atoms with Crippen LogP contribution in [0.3, 0.4) is 0 Å². The molecule has 0 aliphatic carbocycles. The quantitative estimate of drug-likeness (QED) is 0.618. The van der Waals surface area contributed by atoms with Gasteiger partial charge in [0.15, 0.2) is 0 Å². The van der Waals surface area contributed by atoms with Crippen LogP contribution in [0.5, 0.6) is 0 Å². The van der Waals surface area contributed by atoms with Crippen molar-refractivity contribution in [2.75, 3.05) is 13.7 Å². The molecule has 0 aromatic rings. The Bertz CT molecular complexity index is 132. The first-order valence-electron chi connectivity index (χ1n) is 5.04. The second kappa shape index (κ2) is 8.27. The standard InChI is InChI=1S/C11H22O2/c1-4-7-10(2)11(13-3)8-5-6-9-12/h5-6,10-12H,4,7-9H2,1-3H3. The topological polar surface area (TPSA) is 29.5 Å². The summed E-state index contributed by atoms with van der Waals surface area (Å²) >= 11 is 0. The van der Waals surface area contributed by atoms with Gasteiger partial charge in [-0.25, -0.2) is 0 Å². The van der Waals surface area contributed by atoms with E-state index >= 15 is 0 Å². The lowest BCUT2D eigenvalue weighted by atomic mass is 9.97. The molecular weight excluding hydrogens is 164 g/mol. The summed E-state index contributed by atoms with van der Waals surface area (Å²) in [7, 11) is 1.75. The predicted octanol–water partition coefficient (Wildman–Crippen LogP) is 2.38. The molecule has 0 rings (SSSR count). The Hall–Kier alpha value is -0.340. The molecule has 0 saturated heterocycles. The lowest BCUT2D eigenvalue weighted by molar-refractivity contribution is 0.0574. The molecule has 0 aliphatic heterocycles. The van der Waals surface area contributed by atoms with Gasteiger partial charge in [0.2, 0.25) is 0 Å². The van der Waals surface area contributed by atoms with Crippen molar-refractivity contribution in [1.29, 1.82) is 0 Å². The summed E-state index contributed by atoms with van der Waals surface area (Å²) in [6.07, 6.45) is 7.35. The Morgan fingerprint density at radius 2 is 2.08 bits per heavy atom. The molecule has 13 heavy (non-hydrogen) atoms. The Balaban J connectivity index is 3.79. The van der Waals surface area contributed by atoms with Crippen molar-refractivity contribution >= 4 is 0 Å². The van der Waals surface area contributed by atoms with Crippen LogP contribution in [-0.4, -0.2) is 24.9 Å². The van der Waals surface area contributed by atoms with Crippen LogP contribution >= 0.6 is 0 Å². The molecule has 1 N–H and O–H groups in total. The summed E-state index contributed by atoms with van der Waals surface area (Å²) in [5.41, 5.74) is 0. The van der Waals surface area contributed by atoms with Gasteiger partial charge in [0.1, 0.15) is 0 Å².